The Bertz CT molecular complexity index is 844. The number of nitriles is 1. The van der Waals surface area contributed by atoms with Crippen molar-refractivity contribution in [2.45, 2.75) is 6.92 Å². The summed E-state index contributed by atoms with van der Waals surface area (Å²) in [4.78, 5) is 11.7. The van der Waals surface area contributed by atoms with Crippen molar-refractivity contribution in [3.05, 3.63) is 53.3 Å². The molecule has 0 saturated heterocycles. The highest BCUT2D eigenvalue weighted by molar-refractivity contribution is 7.86. The molecule has 0 aliphatic carbocycles. The average Bonchev–Trinajstić information content (AvgIpc) is 2.78. The second-order valence-electron chi connectivity index (χ2n) is 4.43. The predicted octanol–water partition coefficient (Wildman–Crippen LogP) is 1.77. The van der Waals surface area contributed by atoms with Crippen molar-refractivity contribution in [2.75, 3.05) is 6.26 Å². The van der Waals surface area contributed by atoms with E-state index in [9.17, 15) is 13.2 Å². The van der Waals surface area contributed by atoms with E-state index in [0.717, 1.165) is 11.9 Å². The molecule has 0 fully saturated rings. The Morgan fingerprint density at radius 3 is 2.62 bits per heavy atom. The van der Waals surface area contributed by atoms with Crippen molar-refractivity contribution in [1.29, 1.82) is 5.26 Å². The van der Waals surface area contributed by atoms with Gasteiger partial charge in [0, 0.05) is 11.4 Å². The van der Waals surface area contributed by atoms with Crippen LogP contribution in [0.4, 0.5) is 0 Å². The fourth-order valence-electron chi connectivity index (χ4n) is 1.93. The van der Waals surface area contributed by atoms with Crippen molar-refractivity contribution in [1.82, 2.24) is 4.57 Å². The van der Waals surface area contributed by atoms with Crippen LogP contribution in [0.5, 0.6) is 0 Å². The number of rotatable bonds is 3. The highest BCUT2D eigenvalue weighted by Gasteiger charge is 2.15. The van der Waals surface area contributed by atoms with Gasteiger partial charge < -0.3 is 8.75 Å². The molecule has 108 valence electrons. The van der Waals surface area contributed by atoms with Crippen LogP contribution >= 0.6 is 0 Å². The van der Waals surface area contributed by atoms with Crippen LogP contribution in [-0.2, 0) is 14.3 Å². The normalized spacial score (nSPS) is 10.9. The number of nitrogens with zero attached hydrogens (tertiary/aromatic N) is 2. The molecule has 1 aromatic carbocycles. The quantitative estimate of drug-likeness (QED) is 0.806. The summed E-state index contributed by atoms with van der Waals surface area (Å²) in [6.07, 6.45) is 0.804. The van der Waals surface area contributed by atoms with Crippen LogP contribution in [-0.4, -0.2) is 25.2 Å². The standard InChI is InChI=1S/C14H12N2O4S/c1-10-6-7-13(9-15)16(10)12-5-3-4-11(8-12)14(17)20-21(2,18)19/h3-8H,1-2H3. The lowest BCUT2D eigenvalue weighted by molar-refractivity contribution is 0.0748. The number of hydrogen-bond acceptors (Lipinski definition) is 5. The lowest BCUT2D eigenvalue weighted by atomic mass is 10.2. The van der Waals surface area contributed by atoms with Gasteiger partial charge in [-0.15, -0.1) is 0 Å². The fourth-order valence-corrected chi connectivity index (χ4v) is 2.30. The second-order valence-corrected chi connectivity index (χ2v) is 6.01. The molecule has 2 aromatic rings. The Hall–Kier alpha value is -2.59. The van der Waals surface area contributed by atoms with Gasteiger partial charge in [0.1, 0.15) is 11.8 Å². The molecule has 1 aromatic heterocycles. The van der Waals surface area contributed by atoms with Crippen LogP contribution in [0.25, 0.3) is 5.69 Å². The van der Waals surface area contributed by atoms with E-state index < -0.39 is 16.1 Å². The average molecular weight is 304 g/mol. The van der Waals surface area contributed by atoms with E-state index in [2.05, 4.69) is 10.3 Å². The van der Waals surface area contributed by atoms with E-state index in [1.165, 1.54) is 12.1 Å². The minimum Gasteiger partial charge on any atom is -0.341 e. The Kier molecular flexibility index (Phi) is 3.82. The van der Waals surface area contributed by atoms with Crippen molar-refractivity contribution in [2.24, 2.45) is 0 Å². The van der Waals surface area contributed by atoms with Gasteiger partial charge in [-0.2, -0.15) is 13.7 Å². The smallest absolute Gasteiger partial charge is 0.341 e. The molecule has 0 atom stereocenters. The van der Waals surface area contributed by atoms with E-state index in [1.807, 2.05) is 6.92 Å². The third kappa shape index (κ3) is 3.30. The molecule has 0 aliphatic heterocycles. The summed E-state index contributed by atoms with van der Waals surface area (Å²) in [5, 5.41) is 9.08. The summed E-state index contributed by atoms with van der Waals surface area (Å²) in [5.74, 6) is -0.956. The first-order valence-electron chi connectivity index (χ1n) is 5.94. The maximum Gasteiger partial charge on any atom is 0.353 e. The van der Waals surface area contributed by atoms with Crippen LogP contribution in [0.1, 0.15) is 21.7 Å². The van der Waals surface area contributed by atoms with Crippen molar-refractivity contribution < 1.29 is 17.4 Å². The minimum absolute atomic E-state index is 0.0925. The Balaban J connectivity index is 2.46. The van der Waals surface area contributed by atoms with Crippen LogP contribution in [0.2, 0.25) is 0 Å². The van der Waals surface area contributed by atoms with Crippen molar-refractivity contribution in [3.63, 3.8) is 0 Å². The SMILES string of the molecule is Cc1ccc(C#N)n1-c1cccc(C(=O)OS(C)(=O)=O)c1. The second kappa shape index (κ2) is 5.42. The van der Waals surface area contributed by atoms with E-state index in [1.54, 1.807) is 28.8 Å². The molecular formula is C14H12N2O4S. The molecule has 0 aliphatic rings. The number of hydrogen-bond donors (Lipinski definition) is 0. The summed E-state index contributed by atoms with van der Waals surface area (Å²) < 4.78 is 28.0. The molecule has 2 rings (SSSR count). The first kappa shape index (κ1) is 14.8. The predicted molar refractivity (Wildman–Crippen MR) is 75.5 cm³/mol. The van der Waals surface area contributed by atoms with Gasteiger partial charge in [0.05, 0.1) is 11.8 Å². The van der Waals surface area contributed by atoms with Crippen LogP contribution in [0.15, 0.2) is 36.4 Å². The van der Waals surface area contributed by atoms with E-state index >= 15 is 0 Å². The third-order valence-electron chi connectivity index (χ3n) is 2.76. The van der Waals surface area contributed by atoms with E-state index in [0.29, 0.717) is 11.4 Å². The lowest BCUT2D eigenvalue weighted by Crippen LogP contribution is -2.12. The number of aromatic nitrogens is 1. The number of aryl methyl sites for hydroxylation is 1. The number of carbonyl (C=O) groups excluding carboxylic acids is 1. The Morgan fingerprint density at radius 1 is 1.29 bits per heavy atom. The zero-order valence-corrected chi connectivity index (χ0v) is 12.2. The molecule has 0 bridgehead atoms. The maximum atomic E-state index is 11.7. The van der Waals surface area contributed by atoms with E-state index in [-0.39, 0.29) is 5.56 Å². The molecule has 0 spiro atoms. The highest BCUT2D eigenvalue weighted by Crippen LogP contribution is 2.18. The molecule has 6 nitrogen and oxygen atoms in total. The number of carbonyl (C=O) groups is 1. The molecular weight excluding hydrogens is 292 g/mol. The number of benzene rings is 1. The molecule has 1 heterocycles. The Morgan fingerprint density at radius 2 is 2.00 bits per heavy atom. The zero-order chi connectivity index (χ0) is 15.6. The van der Waals surface area contributed by atoms with Gasteiger partial charge in [-0.1, -0.05) is 6.07 Å². The summed E-state index contributed by atoms with van der Waals surface area (Å²) in [5.41, 5.74) is 1.91. The first-order valence-corrected chi connectivity index (χ1v) is 7.76. The summed E-state index contributed by atoms with van der Waals surface area (Å²) in [7, 11) is -3.87. The Labute approximate surface area is 122 Å². The van der Waals surface area contributed by atoms with Crippen LogP contribution in [0.3, 0.4) is 0 Å². The molecule has 21 heavy (non-hydrogen) atoms. The third-order valence-corrected chi connectivity index (χ3v) is 3.21. The summed E-state index contributed by atoms with van der Waals surface area (Å²) in [6.45, 7) is 1.82. The van der Waals surface area contributed by atoms with E-state index in [4.69, 9.17) is 5.26 Å². The van der Waals surface area contributed by atoms with Gasteiger partial charge in [0.2, 0.25) is 0 Å². The highest BCUT2D eigenvalue weighted by atomic mass is 32.2. The van der Waals surface area contributed by atoms with Crippen LogP contribution < -0.4 is 0 Å². The van der Waals surface area contributed by atoms with Crippen molar-refractivity contribution in [3.8, 4) is 11.8 Å². The summed E-state index contributed by atoms with van der Waals surface area (Å²) >= 11 is 0. The van der Waals surface area contributed by atoms with Gasteiger partial charge in [0.25, 0.3) is 0 Å². The first-order chi connectivity index (χ1) is 9.81. The molecule has 0 unspecified atom stereocenters. The topological polar surface area (TPSA) is 89.2 Å². The van der Waals surface area contributed by atoms with Gasteiger partial charge in [-0.25, -0.2) is 4.79 Å². The molecule has 0 N–H and O–H groups in total. The minimum atomic E-state index is -3.87. The maximum absolute atomic E-state index is 11.7. The monoisotopic (exact) mass is 304 g/mol. The van der Waals surface area contributed by atoms with Gasteiger partial charge >= 0.3 is 16.1 Å². The fraction of sp³-hybridized carbons (Fsp3) is 0.143. The lowest BCUT2D eigenvalue weighted by Gasteiger charge is -2.09. The van der Waals surface area contributed by atoms with Crippen molar-refractivity contribution >= 4 is 16.1 Å². The summed E-state index contributed by atoms with van der Waals surface area (Å²) in [6, 6.07) is 11.7. The van der Waals surface area contributed by atoms with Gasteiger partial charge in [-0.3, -0.25) is 0 Å². The van der Waals surface area contributed by atoms with Crippen LogP contribution in [0, 0.1) is 18.3 Å². The van der Waals surface area contributed by atoms with Gasteiger partial charge in [0.15, 0.2) is 0 Å². The molecule has 0 radical (unpaired) electrons. The largest absolute Gasteiger partial charge is 0.353 e. The molecule has 7 heteroatoms. The van der Waals surface area contributed by atoms with Gasteiger partial charge in [-0.05, 0) is 37.3 Å². The molecule has 0 amide bonds. The molecule has 0 saturated carbocycles. The zero-order valence-electron chi connectivity index (χ0n) is 11.4.